The molecule has 0 heterocycles. The van der Waals surface area contributed by atoms with Gasteiger partial charge in [-0.2, -0.15) is 0 Å². The van der Waals surface area contributed by atoms with Crippen LogP contribution in [0.2, 0.25) is 0 Å². The number of rotatable bonds is 2. The van der Waals surface area contributed by atoms with E-state index in [4.69, 9.17) is 6.42 Å². The van der Waals surface area contributed by atoms with E-state index < -0.39 is 0 Å². The monoisotopic (exact) mass is 226 g/mol. The van der Waals surface area contributed by atoms with Crippen LogP contribution in [0, 0.1) is 18.2 Å². The molecule has 0 aliphatic heterocycles. The largest absolute Gasteiger partial charge is 0.207 e. The van der Waals surface area contributed by atoms with Gasteiger partial charge in [-0.1, -0.05) is 15.9 Å². The molecule has 0 aromatic heterocycles. The minimum absolute atomic E-state index is 0.187. The van der Waals surface area contributed by atoms with Crippen molar-refractivity contribution in [2.24, 2.45) is 0 Å². The summed E-state index contributed by atoms with van der Waals surface area (Å²) < 4.78 is 13.9. The normalized spacial score (nSPS) is 9.42. The Morgan fingerprint density at radius 3 is 2.92 bits per heavy atom. The van der Waals surface area contributed by atoms with E-state index in [0.29, 0.717) is 18.4 Å². The molecule has 0 unspecified atom stereocenters. The molecule has 0 aliphatic carbocycles. The van der Waals surface area contributed by atoms with Crippen LogP contribution in [-0.4, -0.2) is 0 Å². The van der Waals surface area contributed by atoms with Crippen LogP contribution in [0.3, 0.4) is 0 Å². The number of hydrogen-bond donors (Lipinski definition) is 0. The summed E-state index contributed by atoms with van der Waals surface area (Å²) >= 11 is 3.27. The van der Waals surface area contributed by atoms with Crippen molar-refractivity contribution in [2.45, 2.75) is 12.8 Å². The zero-order valence-electron chi connectivity index (χ0n) is 6.48. The Kier molecular flexibility index (Phi) is 3.31. The van der Waals surface area contributed by atoms with Crippen LogP contribution in [0.4, 0.5) is 4.39 Å². The number of aryl methyl sites for hydroxylation is 1. The van der Waals surface area contributed by atoms with Crippen LogP contribution < -0.4 is 0 Å². The number of hydrogen-bond acceptors (Lipinski definition) is 0. The second-order valence-corrected chi connectivity index (χ2v) is 3.36. The number of halogens is 2. The first-order valence-corrected chi connectivity index (χ1v) is 4.40. The van der Waals surface area contributed by atoms with E-state index in [1.807, 2.05) is 0 Å². The van der Waals surface area contributed by atoms with Crippen molar-refractivity contribution >= 4 is 15.9 Å². The Morgan fingerprint density at radius 2 is 2.25 bits per heavy atom. The van der Waals surface area contributed by atoms with E-state index in [-0.39, 0.29) is 5.82 Å². The minimum atomic E-state index is -0.187. The van der Waals surface area contributed by atoms with Gasteiger partial charge in [0.2, 0.25) is 0 Å². The van der Waals surface area contributed by atoms with Crippen molar-refractivity contribution in [1.82, 2.24) is 0 Å². The van der Waals surface area contributed by atoms with Gasteiger partial charge in [-0.3, -0.25) is 0 Å². The highest BCUT2D eigenvalue weighted by Gasteiger charge is 2.00. The highest BCUT2D eigenvalue weighted by Crippen LogP contribution is 2.16. The fourth-order valence-corrected chi connectivity index (χ4v) is 1.35. The van der Waals surface area contributed by atoms with Gasteiger partial charge in [0, 0.05) is 10.9 Å². The first-order chi connectivity index (χ1) is 5.74. The molecule has 0 atom stereocenters. The maximum Gasteiger partial charge on any atom is 0.126 e. The summed E-state index contributed by atoms with van der Waals surface area (Å²) in [5.74, 6) is 2.29. The molecule has 1 aromatic rings. The number of terminal acetylenes is 1. The zero-order valence-corrected chi connectivity index (χ0v) is 8.07. The van der Waals surface area contributed by atoms with Crippen LogP contribution >= 0.6 is 15.9 Å². The predicted octanol–water partition coefficient (Wildman–Crippen LogP) is 3.15. The third-order valence-corrected chi connectivity index (χ3v) is 2.04. The highest BCUT2D eigenvalue weighted by atomic mass is 79.9. The summed E-state index contributed by atoms with van der Waals surface area (Å²) in [5.41, 5.74) is 0.669. The van der Waals surface area contributed by atoms with Gasteiger partial charge in [-0.25, -0.2) is 4.39 Å². The topological polar surface area (TPSA) is 0 Å². The Balaban J connectivity index is 2.84. The van der Waals surface area contributed by atoms with Gasteiger partial charge in [0.05, 0.1) is 0 Å². The molecule has 0 bridgehead atoms. The van der Waals surface area contributed by atoms with Crippen LogP contribution in [0.5, 0.6) is 0 Å². The molecule has 0 N–H and O–H groups in total. The lowest BCUT2D eigenvalue weighted by molar-refractivity contribution is 0.609. The van der Waals surface area contributed by atoms with Crippen LogP contribution in [0.15, 0.2) is 22.7 Å². The van der Waals surface area contributed by atoms with E-state index in [9.17, 15) is 4.39 Å². The first kappa shape index (κ1) is 9.28. The van der Waals surface area contributed by atoms with Crippen molar-refractivity contribution in [1.29, 1.82) is 0 Å². The van der Waals surface area contributed by atoms with Crippen LogP contribution in [-0.2, 0) is 6.42 Å². The summed E-state index contributed by atoms with van der Waals surface area (Å²) in [4.78, 5) is 0. The lowest BCUT2D eigenvalue weighted by Gasteiger charge is -2.00. The van der Waals surface area contributed by atoms with Crippen LogP contribution in [0.1, 0.15) is 12.0 Å². The maximum absolute atomic E-state index is 13.0. The predicted molar refractivity (Wildman–Crippen MR) is 51.3 cm³/mol. The summed E-state index contributed by atoms with van der Waals surface area (Å²) in [6, 6.07) is 4.87. The maximum atomic E-state index is 13.0. The molecule has 0 nitrogen and oxygen atoms in total. The zero-order chi connectivity index (χ0) is 8.97. The van der Waals surface area contributed by atoms with Crippen LogP contribution in [0.25, 0.3) is 0 Å². The molecule has 0 saturated carbocycles. The van der Waals surface area contributed by atoms with Gasteiger partial charge >= 0.3 is 0 Å². The Labute approximate surface area is 79.9 Å². The molecule has 0 radical (unpaired) electrons. The van der Waals surface area contributed by atoms with E-state index in [1.165, 1.54) is 6.07 Å². The molecule has 0 spiro atoms. The lowest BCUT2D eigenvalue weighted by atomic mass is 10.1. The van der Waals surface area contributed by atoms with Crippen molar-refractivity contribution in [2.75, 3.05) is 0 Å². The van der Waals surface area contributed by atoms with Gasteiger partial charge in [0.15, 0.2) is 0 Å². The summed E-state index contributed by atoms with van der Waals surface area (Å²) in [6.45, 7) is 0. The average Bonchev–Trinajstić information content (AvgIpc) is 2.07. The van der Waals surface area contributed by atoms with Crippen molar-refractivity contribution < 1.29 is 4.39 Å². The molecule has 1 aromatic carbocycles. The molecule has 0 amide bonds. The van der Waals surface area contributed by atoms with Crippen molar-refractivity contribution in [3.8, 4) is 12.3 Å². The standard InChI is InChI=1S/C10H8BrF/c1-2-3-4-8-7-9(11)5-6-10(8)12/h1,5-7H,3-4H2. The van der Waals surface area contributed by atoms with Crippen molar-refractivity contribution in [3.05, 3.63) is 34.1 Å². The molecule has 0 aliphatic rings. The summed E-state index contributed by atoms with van der Waals surface area (Å²) in [7, 11) is 0. The molecule has 0 fully saturated rings. The molecule has 12 heavy (non-hydrogen) atoms. The van der Waals surface area contributed by atoms with Crippen molar-refractivity contribution in [3.63, 3.8) is 0 Å². The number of benzene rings is 1. The van der Waals surface area contributed by atoms with E-state index in [0.717, 1.165) is 4.47 Å². The van der Waals surface area contributed by atoms with Gasteiger partial charge < -0.3 is 0 Å². The smallest absolute Gasteiger partial charge is 0.126 e. The quantitative estimate of drug-likeness (QED) is 0.681. The fraction of sp³-hybridized carbons (Fsp3) is 0.200. The second kappa shape index (κ2) is 4.27. The summed E-state index contributed by atoms with van der Waals surface area (Å²) in [6.07, 6.45) is 6.26. The lowest BCUT2D eigenvalue weighted by Crippen LogP contribution is -1.89. The Morgan fingerprint density at radius 1 is 1.50 bits per heavy atom. The molecule has 62 valence electrons. The van der Waals surface area contributed by atoms with E-state index in [2.05, 4.69) is 21.9 Å². The third-order valence-electron chi connectivity index (χ3n) is 1.55. The Hall–Kier alpha value is -0.810. The first-order valence-electron chi connectivity index (χ1n) is 3.61. The molecule has 1 rings (SSSR count). The molecular formula is C10H8BrF. The third kappa shape index (κ3) is 2.35. The molecule has 0 saturated heterocycles. The van der Waals surface area contributed by atoms with E-state index >= 15 is 0 Å². The van der Waals surface area contributed by atoms with Gasteiger partial charge in [-0.05, 0) is 30.2 Å². The average molecular weight is 227 g/mol. The summed E-state index contributed by atoms with van der Waals surface area (Å²) in [5, 5.41) is 0. The SMILES string of the molecule is C#CCCc1cc(Br)ccc1F. The van der Waals surface area contributed by atoms with Gasteiger partial charge in [0.25, 0.3) is 0 Å². The molecular weight excluding hydrogens is 219 g/mol. The van der Waals surface area contributed by atoms with Gasteiger partial charge in [-0.15, -0.1) is 12.3 Å². The highest BCUT2D eigenvalue weighted by molar-refractivity contribution is 9.10. The fourth-order valence-electron chi connectivity index (χ4n) is 0.942. The second-order valence-electron chi connectivity index (χ2n) is 2.44. The Bertz CT molecular complexity index is 312. The molecule has 2 heteroatoms. The minimum Gasteiger partial charge on any atom is -0.207 e. The van der Waals surface area contributed by atoms with E-state index in [1.54, 1.807) is 12.1 Å². The van der Waals surface area contributed by atoms with Gasteiger partial charge in [0.1, 0.15) is 5.82 Å².